The molecule has 0 bridgehead atoms. The lowest BCUT2D eigenvalue weighted by Gasteiger charge is -2.43. The van der Waals surface area contributed by atoms with E-state index in [4.69, 9.17) is 0 Å². The molecule has 246 valence electrons. The predicted molar refractivity (Wildman–Crippen MR) is 211 cm³/mol. The molecule has 0 spiro atoms. The minimum absolute atomic E-state index is 0.0731. The third-order valence-electron chi connectivity index (χ3n) is 11.9. The van der Waals surface area contributed by atoms with E-state index in [-0.39, 0.29) is 16.2 Å². The van der Waals surface area contributed by atoms with Gasteiger partial charge in [-0.15, -0.1) is 0 Å². The summed E-state index contributed by atoms with van der Waals surface area (Å²) in [5, 5.41) is 2.55. The molecule has 1 heteroatoms. The Labute approximate surface area is 293 Å². The molecule has 8 rings (SSSR count). The quantitative estimate of drug-likeness (QED) is 0.181. The zero-order valence-electron chi connectivity index (χ0n) is 30.5. The van der Waals surface area contributed by atoms with Gasteiger partial charge in [-0.3, -0.25) is 0 Å². The fourth-order valence-corrected chi connectivity index (χ4v) is 8.71. The molecule has 0 saturated carbocycles. The maximum atomic E-state index is 2.57. The molecule has 0 amide bonds. The van der Waals surface area contributed by atoms with Gasteiger partial charge >= 0.3 is 0 Å². The van der Waals surface area contributed by atoms with E-state index in [1.54, 1.807) is 0 Å². The third-order valence-corrected chi connectivity index (χ3v) is 11.9. The Hall–Kier alpha value is -4.62. The average Bonchev–Trinajstić information content (AvgIpc) is 3.32. The van der Waals surface area contributed by atoms with E-state index in [0.717, 1.165) is 0 Å². The van der Waals surface area contributed by atoms with Crippen molar-refractivity contribution in [2.75, 3.05) is 4.90 Å². The molecular formula is C48H49N. The molecule has 0 saturated heterocycles. The molecule has 2 aliphatic rings. The second-order valence-corrected chi connectivity index (χ2v) is 16.7. The van der Waals surface area contributed by atoms with E-state index in [0.29, 0.717) is 5.92 Å². The van der Waals surface area contributed by atoms with Crippen LogP contribution in [0.15, 0.2) is 121 Å². The lowest BCUT2D eigenvalue weighted by atomic mass is 9.62. The van der Waals surface area contributed by atoms with E-state index in [9.17, 15) is 0 Å². The Morgan fingerprint density at radius 1 is 0.490 bits per heavy atom. The molecule has 0 fully saturated rings. The van der Waals surface area contributed by atoms with Crippen LogP contribution in [0.25, 0.3) is 33.0 Å². The fourth-order valence-electron chi connectivity index (χ4n) is 8.71. The molecule has 0 N–H and O–H groups in total. The van der Waals surface area contributed by atoms with Crippen LogP contribution in [0, 0.1) is 0 Å². The molecule has 6 aromatic carbocycles. The van der Waals surface area contributed by atoms with Crippen LogP contribution in [0.5, 0.6) is 0 Å². The van der Waals surface area contributed by atoms with Crippen molar-refractivity contribution in [3.05, 3.63) is 149 Å². The molecule has 49 heavy (non-hydrogen) atoms. The normalized spacial score (nSPS) is 16.7. The first kappa shape index (κ1) is 31.6. The zero-order chi connectivity index (χ0) is 34.3. The number of hydrogen-bond donors (Lipinski definition) is 0. The summed E-state index contributed by atoms with van der Waals surface area (Å²) >= 11 is 0. The maximum Gasteiger partial charge on any atom is 0.0499 e. The number of hydrogen-bond acceptors (Lipinski definition) is 1. The summed E-state index contributed by atoms with van der Waals surface area (Å²) in [4.78, 5) is 2.55. The molecule has 0 aromatic heterocycles. The van der Waals surface area contributed by atoms with Crippen LogP contribution < -0.4 is 4.90 Å². The Morgan fingerprint density at radius 2 is 1.08 bits per heavy atom. The molecule has 1 nitrogen and oxygen atoms in total. The van der Waals surface area contributed by atoms with E-state index in [2.05, 4.69) is 182 Å². The van der Waals surface area contributed by atoms with Gasteiger partial charge in [-0.25, -0.2) is 0 Å². The first-order chi connectivity index (χ1) is 23.3. The highest BCUT2D eigenvalue weighted by Gasteiger charge is 2.39. The highest BCUT2D eigenvalue weighted by molar-refractivity contribution is 5.89. The number of nitrogens with zero attached hydrogens (tertiary/aromatic N) is 1. The van der Waals surface area contributed by atoms with Gasteiger partial charge in [-0.1, -0.05) is 140 Å². The monoisotopic (exact) mass is 639 g/mol. The average molecular weight is 640 g/mol. The number of rotatable bonds is 5. The minimum atomic E-state index is -0.0731. The number of fused-ring (bicyclic) bond motifs is 5. The molecule has 0 heterocycles. The van der Waals surface area contributed by atoms with Crippen LogP contribution in [0.4, 0.5) is 17.1 Å². The van der Waals surface area contributed by atoms with Crippen molar-refractivity contribution in [1.29, 1.82) is 0 Å². The zero-order valence-corrected chi connectivity index (χ0v) is 30.5. The topological polar surface area (TPSA) is 3.24 Å². The highest BCUT2D eigenvalue weighted by Crippen LogP contribution is 2.53. The lowest BCUT2D eigenvalue weighted by molar-refractivity contribution is 0.331. The molecule has 2 aliphatic carbocycles. The van der Waals surface area contributed by atoms with E-state index in [1.165, 1.54) is 90.7 Å². The van der Waals surface area contributed by atoms with Crippen LogP contribution in [-0.2, 0) is 16.2 Å². The van der Waals surface area contributed by atoms with Gasteiger partial charge in [-0.2, -0.15) is 0 Å². The summed E-state index contributed by atoms with van der Waals surface area (Å²) in [6.07, 6.45) is 2.41. The van der Waals surface area contributed by atoms with Gasteiger partial charge in [0.05, 0.1) is 0 Å². The van der Waals surface area contributed by atoms with Crippen LogP contribution >= 0.6 is 0 Å². The maximum absolute atomic E-state index is 2.57. The smallest absolute Gasteiger partial charge is 0.0499 e. The summed E-state index contributed by atoms with van der Waals surface area (Å²) in [5.41, 5.74) is 16.3. The standard InChI is InChI=1S/C48H49N/c1-31(2)40-29-43-44(47(5,6)26-25-46(43,3)4)30-45(40)49(37-23-24-39-38-15-11-12-16-41(38)48(7,8)42(39)28-37)36-21-19-33(20-22-36)35-18-17-32-13-9-10-14-34(32)27-35/h9-24,27-31H,25-26H2,1-8H3. The summed E-state index contributed by atoms with van der Waals surface area (Å²) in [6, 6.07) is 46.0. The number of benzene rings is 6. The van der Waals surface area contributed by atoms with Gasteiger partial charge in [0.15, 0.2) is 0 Å². The van der Waals surface area contributed by atoms with Crippen molar-refractivity contribution in [3.8, 4) is 22.3 Å². The molecule has 0 radical (unpaired) electrons. The molecule has 0 atom stereocenters. The predicted octanol–water partition coefficient (Wildman–Crippen LogP) is 13.8. The van der Waals surface area contributed by atoms with Crippen LogP contribution in [-0.4, -0.2) is 0 Å². The van der Waals surface area contributed by atoms with Crippen molar-refractivity contribution in [1.82, 2.24) is 0 Å². The van der Waals surface area contributed by atoms with Crippen LogP contribution in [0.3, 0.4) is 0 Å². The number of anilines is 3. The van der Waals surface area contributed by atoms with Crippen LogP contribution in [0.1, 0.15) is 102 Å². The third kappa shape index (κ3) is 5.13. The largest absolute Gasteiger partial charge is 0.310 e. The van der Waals surface area contributed by atoms with E-state index < -0.39 is 0 Å². The summed E-state index contributed by atoms with van der Waals surface area (Å²) < 4.78 is 0. The lowest BCUT2D eigenvalue weighted by Crippen LogP contribution is -2.34. The van der Waals surface area contributed by atoms with Crippen molar-refractivity contribution >= 4 is 27.8 Å². The Bertz CT molecular complexity index is 2230. The highest BCUT2D eigenvalue weighted by atomic mass is 15.1. The Morgan fingerprint density at radius 3 is 1.80 bits per heavy atom. The van der Waals surface area contributed by atoms with E-state index in [1.807, 2.05) is 0 Å². The molecular weight excluding hydrogens is 591 g/mol. The van der Waals surface area contributed by atoms with E-state index >= 15 is 0 Å². The SMILES string of the molecule is CC(C)c1cc2c(cc1N(c1ccc(-c3ccc4ccccc4c3)cc1)c1ccc3c(c1)C(C)(C)c1ccccc1-3)C(C)(C)CCC2(C)C. The van der Waals surface area contributed by atoms with Gasteiger partial charge in [-0.05, 0) is 127 Å². The van der Waals surface area contributed by atoms with Crippen molar-refractivity contribution in [2.24, 2.45) is 0 Å². The van der Waals surface area contributed by atoms with Gasteiger partial charge in [0.25, 0.3) is 0 Å². The van der Waals surface area contributed by atoms with Gasteiger partial charge in [0.1, 0.15) is 0 Å². The van der Waals surface area contributed by atoms with Crippen LogP contribution in [0.2, 0.25) is 0 Å². The first-order valence-electron chi connectivity index (χ1n) is 18.2. The Kier molecular flexibility index (Phi) is 7.24. The Balaban J connectivity index is 1.33. The summed E-state index contributed by atoms with van der Waals surface area (Å²) in [6.45, 7) is 19.2. The summed E-state index contributed by atoms with van der Waals surface area (Å²) in [5.74, 6) is 0.371. The first-order valence-corrected chi connectivity index (χ1v) is 18.2. The van der Waals surface area contributed by atoms with Crippen molar-refractivity contribution < 1.29 is 0 Å². The second kappa shape index (κ2) is 11.2. The van der Waals surface area contributed by atoms with Gasteiger partial charge in [0, 0.05) is 22.5 Å². The molecule has 6 aromatic rings. The van der Waals surface area contributed by atoms with Gasteiger partial charge in [0.2, 0.25) is 0 Å². The van der Waals surface area contributed by atoms with Gasteiger partial charge < -0.3 is 4.90 Å². The summed E-state index contributed by atoms with van der Waals surface area (Å²) in [7, 11) is 0. The molecule has 0 unspecified atom stereocenters. The second-order valence-electron chi connectivity index (χ2n) is 16.7. The molecule has 0 aliphatic heterocycles. The minimum Gasteiger partial charge on any atom is -0.310 e. The fraction of sp³-hybridized carbons (Fsp3) is 0.292. The van der Waals surface area contributed by atoms with Crippen molar-refractivity contribution in [2.45, 2.75) is 90.4 Å². The van der Waals surface area contributed by atoms with Crippen molar-refractivity contribution in [3.63, 3.8) is 0 Å².